The van der Waals surface area contributed by atoms with E-state index in [-0.39, 0.29) is 67.7 Å². The number of carbonyl (C=O) groups is 1. The number of hydrogen-bond donors (Lipinski definition) is 7. The minimum atomic E-state index is -6.54. The van der Waals surface area contributed by atoms with Crippen molar-refractivity contribution in [2.45, 2.75) is 141 Å². The number of aryl methyl sites for hydroxylation is 1. The van der Waals surface area contributed by atoms with Gasteiger partial charge in [0.15, 0.2) is 16.9 Å². The van der Waals surface area contributed by atoms with E-state index in [2.05, 4.69) is 112 Å². The van der Waals surface area contributed by atoms with Gasteiger partial charge in [0, 0.05) is 102 Å². The molecule has 2 saturated heterocycles. The van der Waals surface area contributed by atoms with Crippen LogP contribution in [0.4, 0.5) is 17.3 Å². The van der Waals surface area contributed by atoms with Crippen molar-refractivity contribution in [3.63, 3.8) is 0 Å². The van der Waals surface area contributed by atoms with Crippen LogP contribution in [-0.2, 0) is 90.2 Å². The molecule has 7 N–H and O–H groups in total. The fourth-order valence-corrected chi connectivity index (χ4v) is 18.9. The molecule has 0 spiro atoms. The highest BCUT2D eigenvalue weighted by molar-refractivity contribution is 7.86. The van der Waals surface area contributed by atoms with E-state index >= 15 is 0 Å². The number of carbonyl (C=O) groups excluding carboxylic acids is 1. The summed E-state index contributed by atoms with van der Waals surface area (Å²) >= 11 is 3.59. The van der Waals surface area contributed by atoms with Gasteiger partial charge in [-0.2, -0.15) is 21.8 Å². The average Bonchev–Trinajstić information content (AvgIpc) is 1.60. The number of imidazole rings is 1. The average molecular weight is 1550 g/mol. The number of ether oxygens (including phenoxy) is 1. The fourth-order valence-electron chi connectivity index (χ4n) is 13.1. The van der Waals surface area contributed by atoms with Crippen LogP contribution < -0.4 is 50.9 Å². The van der Waals surface area contributed by atoms with Gasteiger partial charge in [0.2, 0.25) is 17.6 Å². The number of rotatable bonds is 32. The third-order valence-electron chi connectivity index (χ3n) is 17.8. The molecule has 4 aliphatic heterocycles. The molecule has 9 rings (SSSR count). The van der Waals surface area contributed by atoms with Crippen molar-refractivity contribution in [2.24, 2.45) is 5.92 Å². The maximum absolute atomic E-state index is 13.8. The van der Waals surface area contributed by atoms with Crippen LogP contribution in [0.1, 0.15) is 128 Å². The first-order chi connectivity index (χ1) is 47.3. The second-order valence-electron chi connectivity index (χ2n) is 25.8. The van der Waals surface area contributed by atoms with Gasteiger partial charge in [-0.15, -0.1) is 4.33 Å². The lowest BCUT2D eigenvalue weighted by Gasteiger charge is -2.36. The molecule has 4 unspecified atom stereocenters. The zero-order chi connectivity index (χ0) is 73.7. The number of aliphatic hydroxyl groups is 1. The van der Waals surface area contributed by atoms with Gasteiger partial charge in [-0.25, -0.2) is 22.5 Å². The van der Waals surface area contributed by atoms with Gasteiger partial charge >= 0.3 is 0 Å². The van der Waals surface area contributed by atoms with E-state index in [4.69, 9.17) is 15.4 Å². The molecule has 35 nitrogen and oxygen atoms in total. The van der Waals surface area contributed by atoms with E-state index in [1.165, 1.54) is 4.57 Å². The van der Waals surface area contributed by atoms with Crippen molar-refractivity contribution in [3.8, 4) is 5.75 Å². The summed E-state index contributed by atoms with van der Waals surface area (Å²) in [5.41, 5.74) is 13.0. The zero-order valence-corrected chi connectivity index (χ0v) is 61.7. The van der Waals surface area contributed by atoms with Crippen LogP contribution in [-0.4, -0.2) is 136 Å². The van der Waals surface area contributed by atoms with Gasteiger partial charge in [-0.05, 0) is 104 Å². The number of nitrogens with zero attached hydrogens (tertiary/aromatic N) is 6. The molecule has 2 aromatic carbocycles. The summed E-state index contributed by atoms with van der Waals surface area (Å²) in [6.45, 7) is 10.3. The summed E-state index contributed by atoms with van der Waals surface area (Å²) in [4.78, 5) is 95.0. The third-order valence-corrected chi connectivity index (χ3v) is 25.2. The standard InChI is InChI=1S/C59H83N9O26P4S3/c1-38-15-19-45-43(33-38)58(2,3)49(66(45)26-11-31-100(80,81)82)21-16-39-13-10-14-40(17-22-50-59(4,5)44-34-42(89-90-91-99)18-20-46(44)67(50)27-12-32-101(83,84)85)53(39)65-28-23-41(24-29-65)55(70)61-25-8-6-7-9-30-86-95(72,73)92-97(76,77)94-98(78,79)93-96(74,75)87-36-48-47(69)35-51(88-48)68-37-62-52-54(68)63-57(60)64-56(52)71/h15-22,33-34,37,41,47-48,51,69H,6-14,23-32,35-36H2,1-5H3,(H10-,60,61,63,64,70,71,72,73,74,75,76,77,78,79,80,81,82,83,84,85,99)/p-3/t47-,48-,51-/m1/s1. The van der Waals surface area contributed by atoms with Crippen molar-refractivity contribution in [2.75, 3.05) is 73.0 Å². The Morgan fingerprint density at radius 1 is 0.802 bits per heavy atom. The molecular formula is C59H80N9O26P4S3-3. The van der Waals surface area contributed by atoms with Gasteiger partial charge in [0.05, 0.1) is 37.2 Å². The Kier molecular flexibility index (Phi) is 25.7. The number of piperidine rings is 1. The molecule has 4 aromatic rings. The molecule has 7 atom stereocenters. The zero-order valence-electron chi connectivity index (χ0n) is 55.6. The second kappa shape index (κ2) is 32.6. The van der Waals surface area contributed by atoms with Crippen LogP contribution in [0.3, 0.4) is 0 Å². The van der Waals surface area contributed by atoms with Crippen LogP contribution in [0.25, 0.3) is 11.2 Å². The van der Waals surface area contributed by atoms with Gasteiger partial charge in [-0.3, -0.25) is 46.5 Å². The lowest BCUT2D eigenvalue weighted by molar-refractivity contribution is -0.539. The second-order valence-corrected chi connectivity index (χ2v) is 35.1. The molecule has 3 fully saturated rings. The highest BCUT2D eigenvalue weighted by atomic mass is 32.2. The molecule has 101 heavy (non-hydrogen) atoms. The van der Waals surface area contributed by atoms with Gasteiger partial charge in [0.1, 0.15) is 25.4 Å². The monoisotopic (exact) mass is 1550 g/mol. The van der Waals surface area contributed by atoms with Gasteiger partial charge < -0.3 is 64.2 Å². The van der Waals surface area contributed by atoms with E-state index in [0.717, 1.165) is 69.1 Å². The highest BCUT2D eigenvalue weighted by Gasteiger charge is 2.44. The van der Waals surface area contributed by atoms with Crippen molar-refractivity contribution < 1.29 is 119 Å². The number of nitrogens with two attached hydrogens (primary N) is 1. The number of hydrogen-bond acceptors (Lipinski definition) is 30. The Morgan fingerprint density at radius 3 is 1.94 bits per heavy atom. The molecule has 558 valence electrons. The number of thiol groups is 1. The van der Waals surface area contributed by atoms with Crippen LogP contribution >= 0.6 is 44.2 Å². The number of phosphoric acid groups is 4. The fraction of sp³-hybridized carbons (Fsp3) is 0.542. The number of nitrogen functional groups attached to an aromatic ring is 1. The van der Waals surface area contributed by atoms with Gasteiger partial charge in [-0.1, -0.05) is 70.4 Å². The minimum absolute atomic E-state index is 0.0105. The van der Waals surface area contributed by atoms with Crippen LogP contribution in [0.2, 0.25) is 0 Å². The largest absolute Gasteiger partial charge is 0.756 e. The Hall–Kier alpha value is -5.34. The molecule has 6 heterocycles. The normalized spacial score (nSPS) is 24.0. The summed E-state index contributed by atoms with van der Waals surface area (Å²) in [6, 6.07) is 11.4. The lowest BCUT2D eigenvalue weighted by Crippen LogP contribution is -2.40. The SMILES string of the molecule is Cc1ccc2c(c1)C(C)(C)/C(=C/C=C1\CCCC(=CC=C3N(CCCS(=O)(=O)O)c4ccc(OOOS)cc4C3(C)C)C1=[N+]1CCC(C(=O)NCCCCCCOP(=O)([O-])OP(=O)([O-])OP(=O)([O-])OP(=O)([O-])OC[C@H]3O[C@@H](n4cnc5c(=O)[nH]c(N)nc54)C[C@H]3O)CC1)N2CCCS(=O)(=O)O. The smallest absolute Gasteiger partial charge is 0.280 e. The number of aliphatic hydroxyl groups excluding tert-OH is 1. The van der Waals surface area contributed by atoms with Crippen molar-refractivity contribution in [3.05, 3.63) is 117 Å². The molecule has 42 heteroatoms. The molecule has 1 amide bonds. The molecule has 5 aliphatic rings. The van der Waals surface area contributed by atoms with E-state index in [9.17, 15) is 78.5 Å². The summed E-state index contributed by atoms with van der Waals surface area (Å²) in [5.74, 6) is -1.37. The maximum atomic E-state index is 13.8. The van der Waals surface area contributed by atoms with Crippen molar-refractivity contribution in [1.29, 1.82) is 0 Å². The molecule has 1 saturated carbocycles. The highest BCUT2D eigenvalue weighted by Crippen LogP contribution is 2.67. The summed E-state index contributed by atoms with van der Waals surface area (Å²) in [7, 11) is -33.5. The maximum Gasteiger partial charge on any atom is 0.280 e. The number of unbranched alkanes of at least 4 members (excludes halogenated alkanes) is 3. The number of allylic oxidation sites excluding steroid dienone is 8. The Balaban J connectivity index is 0.806. The number of aromatic amines is 1. The molecule has 0 bridgehead atoms. The van der Waals surface area contributed by atoms with Crippen LogP contribution in [0.5, 0.6) is 5.75 Å². The predicted octanol–water partition coefficient (Wildman–Crippen LogP) is 5.20. The van der Waals surface area contributed by atoms with Crippen LogP contribution in [0.15, 0.2) is 94.4 Å². The number of amides is 1. The quantitative estimate of drug-likeness (QED) is 0.00483. The number of benzene rings is 2. The number of aromatic nitrogens is 4. The number of fused-ring (bicyclic) bond motifs is 3. The Bertz CT molecular complexity index is 4420. The summed E-state index contributed by atoms with van der Waals surface area (Å²) < 4.78 is 150. The van der Waals surface area contributed by atoms with E-state index in [0.29, 0.717) is 70.3 Å². The van der Waals surface area contributed by atoms with E-state index in [1.54, 1.807) is 12.1 Å². The Morgan fingerprint density at radius 2 is 1.36 bits per heavy atom. The van der Waals surface area contributed by atoms with Crippen molar-refractivity contribution in [1.82, 2.24) is 24.8 Å². The lowest BCUT2D eigenvalue weighted by atomic mass is 9.81. The van der Waals surface area contributed by atoms with E-state index in [1.807, 2.05) is 49.9 Å². The number of H-pyrrole nitrogens is 1. The number of anilines is 3. The molecular weight excluding hydrogens is 1470 g/mol. The molecule has 0 radical (unpaired) electrons. The van der Waals surface area contributed by atoms with E-state index < -0.39 is 111 Å². The van der Waals surface area contributed by atoms with Crippen LogP contribution in [0, 0.1) is 12.8 Å². The minimum Gasteiger partial charge on any atom is -0.756 e. The predicted molar refractivity (Wildman–Crippen MR) is 360 cm³/mol. The first-order valence-electron chi connectivity index (χ1n) is 32.1. The summed E-state index contributed by atoms with van der Waals surface area (Å²) in [5, 5.41) is 18.1. The van der Waals surface area contributed by atoms with Crippen molar-refractivity contribution >= 4 is 105 Å². The summed E-state index contributed by atoms with van der Waals surface area (Å²) in [6.07, 6.45) is 9.75. The third kappa shape index (κ3) is 20.8. The molecule has 1 aliphatic carbocycles. The van der Waals surface area contributed by atoms with Gasteiger partial charge in [0.25, 0.3) is 57.1 Å². The topological polar surface area (TPSA) is 501 Å². The first-order valence-corrected chi connectivity index (χ1v) is 41.5. The Labute approximate surface area is 587 Å². The first kappa shape index (κ1) is 79.8. The molecule has 2 aromatic heterocycles. The number of phosphoric ester groups is 2. The number of nitrogens with one attached hydrogen (secondary N) is 2.